The van der Waals surface area contributed by atoms with Gasteiger partial charge in [-0.25, -0.2) is 0 Å². The van der Waals surface area contributed by atoms with Gasteiger partial charge in [-0.05, 0) is 0 Å². The standard InChI is InChI=1S/C10H9ClO6/c1-5(2-8(13)14)10(15)17-9-3-6(11)7(4-12)16-9/h3-5H,2H2,1H3,(H,13,14). The number of aliphatic carboxylic acids is 1. The van der Waals surface area contributed by atoms with Crippen LogP contribution in [0, 0.1) is 5.92 Å². The molecule has 0 bridgehead atoms. The Balaban J connectivity index is 2.67. The molecule has 1 heterocycles. The molecule has 6 nitrogen and oxygen atoms in total. The van der Waals surface area contributed by atoms with Crippen LogP contribution in [0.1, 0.15) is 23.9 Å². The normalized spacial score (nSPS) is 11.9. The fraction of sp³-hybridized carbons (Fsp3) is 0.300. The molecular weight excluding hydrogens is 252 g/mol. The third-order valence-electron chi connectivity index (χ3n) is 1.88. The van der Waals surface area contributed by atoms with Gasteiger partial charge in [-0.15, -0.1) is 0 Å². The summed E-state index contributed by atoms with van der Waals surface area (Å²) in [5.74, 6) is -3.09. The Morgan fingerprint density at radius 1 is 1.65 bits per heavy atom. The van der Waals surface area contributed by atoms with E-state index in [-0.39, 0.29) is 23.2 Å². The molecule has 1 N–H and O–H groups in total. The molecular formula is C10H9ClO6. The average Bonchev–Trinajstić information content (AvgIpc) is 2.57. The number of carbonyl (C=O) groups excluding carboxylic acids is 2. The van der Waals surface area contributed by atoms with Crippen LogP contribution in [0.5, 0.6) is 5.95 Å². The topological polar surface area (TPSA) is 93.8 Å². The number of carboxylic acids is 1. The van der Waals surface area contributed by atoms with Gasteiger partial charge in [-0.2, -0.15) is 0 Å². The van der Waals surface area contributed by atoms with Crippen molar-refractivity contribution in [2.24, 2.45) is 5.92 Å². The van der Waals surface area contributed by atoms with Crippen LogP contribution in [-0.2, 0) is 9.59 Å². The van der Waals surface area contributed by atoms with Crippen molar-refractivity contribution in [3.8, 4) is 5.95 Å². The third-order valence-corrected chi connectivity index (χ3v) is 2.18. The van der Waals surface area contributed by atoms with Gasteiger partial charge in [0.05, 0.1) is 17.4 Å². The predicted octanol–water partition coefficient (Wildman–Crippen LogP) is 1.76. The van der Waals surface area contributed by atoms with Gasteiger partial charge in [0.25, 0.3) is 5.95 Å². The van der Waals surface area contributed by atoms with E-state index in [1.165, 1.54) is 6.92 Å². The van der Waals surface area contributed by atoms with E-state index in [1.807, 2.05) is 0 Å². The lowest BCUT2D eigenvalue weighted by molar-refractivity contribution is -0.146. The van der Waals surface area contributed by atoms with E-state index < -0.39 is 17.9 Å². The summed E-state index contributed by atoms with van der Waals surface area (Å²) in [4.78, 5) is 32.2. The van der Waals surface area contributed by atoms with E-state index >= 15 is 0 Å². The van der Waals surface area contributed by atoms with Gasteiger partial charge in [0.2, 0.25) is 0 Å². The summed E-state index contributed by atoms with van der Waals surface area (Å²) in [6.07, 6.45) is 0.0220. The first-order valence-corrected chi connectivity index (χ1v) is 4.99. The molecule has 1 aromatic heterocycles. The number of furan rings is 1. The largest absolute Gasteiger partial charge is 0.481 e. The van der Waals surface area contributed by atoms with Crippen molar-refractivity contribution in [1.29, 1.82) is 0 Å². The number of hydrogen-bond acceptors (Lipinski definition) is 5. The monoisotopic (exact) mass is 260 g/mol. The molecule has 1 rings (SSSR count). The fourth-order valence-electron chi connectivity index (χ4n) is 1.04. The number of ether oxygens (including phenoxy) is 1. The molecule has 17 heavy (non-hydrogen) atoms. The summed E-state index contributed by atoms with van der Waals surface area (Å²) in [5.41, 5.74) is 0. The number of hydrogen-bond donors (Lipinski definition) is 1. The Kier molecular flexibility index (Phi) is 4.28. The van der Waals surface area contributed by atoms with Crippen molar-refractivity contribution in [3.63, 3.8) is 0 Å². The second-order valence-corrected chi connectivity index (χ2v) is 3.72. The number of carbonyl (C=O) groups is 3. The van der Waals surface area contributed by atoms with E-state index in [1.54, 1.807) is 0 Å². The minimum absolute atomic E-state index is 0.0219. The maximum absolute atomic E-state index is 11.4. The molecule has 0 saturated carbocycles. The first-order valence-electron chi connectivity index (χ1n) is 4.62. The number of halogens is 1. The molecule has 0 aliphatic carbocycles. The molecule has 0 amide bonds. The summed E-state index contributed by atoms with van der Waals surface area (Å²) in [6.45, 7) is 1.40. The molecule has 92 valence electrons. The van der Waals surface area contributed by atoms with Crippen molar-refractivity contribution in [3.05, 3.63) is 16.8 Å². The molecule has 1 aromatic rings. The maximum atomic E-state index is 11.4. The number of esters is 1. The zero-order valence-corrected chi connectivity index (χ0v) is 9.56. The summed E-state index contributed by atoms with van der Waals surface area (Å²) < 4.78 is 9.53. The minimum atomic E-state index is -1.11. The third kappa shape index (κ3) is 3.60. The second kappa shape index (κ2) is 5.49. The van der Waals surface area contributed by atoms with E-state index in [4.69, 9.17) is 25.9 Å². The van der Waals surface area contributed by atoms with E-state index in [2.05, 4.69) is 0 Å². The lowest BCUT2D eigenvalue weighted by atomic mass is 10.1. The Bertz CT molecular complexity index is 450. The average molecular weight is 261 g/mol. The van der Waals surface area contributed by atoms with Gasteiger partial charge in [0.15, 0.2) is 12.0 Å². The van der Waals surface area contributed by atoms with Crippen LogP contribution in [-0.4, -0.2) is 23.3 Å². The first kappa shape index (κ1) is 13.2. The summed E-state index contributed by atoms with van der Waals surface area (Å²) in [7, 11) is 0. The van der Waals surface area contributed by atoms with Crippen molar-refractivity contribution in [2.75, 3.05) is 0 Å². The number of rotatable bonds is 5. The van der Waals surface area contributed by atoms with Crippen LogP contribution in [0.3, 0.4) is 0 Å². The molecule has 0 radical (unpaired) electrons. The van der Waals surface area contributed by atoms with E-state index in [9.17, 15) is 14.4 Å². The minimum Gasteiger partial charge on any atom is -0.481 e. The van der Waals surface area contributed by atoms with Crippen LogP contribution >= 0.6 is 11.6 Å². The van der Waals surface area contributed by atoms with Crippen LogP contribution in [0.2, 0.25) is 5.02 Å². The highest BCUT2D eigenvalue weighted by Crippen LogP contribution is 2.25. The number of aldehydes is 1. The lowest BCUT2D eigenvalue weighted by Gasteiger charge is -2.05. The van der Waals surface area contributed by atoms with Gasteiger partial charge in [-0.1, -0.05) is 18.5 Å². The highest BCUT2D eigenvalue weighted by Gasteiger charge is 2.21. The second-order valence-electron chi connectivity index (χ2n) is 3.32. The molecule has 0 aromatic carbocycles. The Hall–Kier alpha value is -1.82. The van der Waals surface area contributed by atoms with Crippen LogP contribution in [0.4, 0.5) is 0 Å². The van der Waals surface area contributed by atoms with Gasteiger partial charge in [-0.3, -0.25) is 14.4 Å². The maximum Gasteiger partial charge on any atom is 0.317 e. The number of carboxylic acid groups (broad SMARTS) is 1. The smallest absolute Gasteiger partial charge is 0.317 e. The molecule has 0 spiro atoms. The Labute approximate surface area is 101 Å². The SMILES string of the molecule is CC(CC(=O)O)C(=O)Oc1cc(Cl)c(C=O)o1. The van der Waals surface area contributed by atoms with Crippen molar-refractivity contribution >= 4 is 29.8 Å². The van der Waals surface area contributed by atoms with Gasteiger partial charge in [0, 0.05) is 6.07 Å². The van der Waals surface area contributed by atoms with E-state index in [0.29, 0.717) is 6.29 Å². The van der Waals surface area contributed by atoms with Crippen LogP contribution in [0.25, 0.3) is 0 Å². The zero-order chi connectivity index (χ0) is 13.0. The van der Waals surface area contributed by atoms with Gasteiger partial charge < -0.3 is 14.3 Å². The molecule has 0 aliphatic rings. The highest BCUT2D eigenvalue weighted by molar-refractivity contribution is 6.32. The van der Waals surface area contributed by atoms with E-state index in [0.717, 1.165) is 6.07 Å². The predicted molar refractivity (Wildman–Crippen MR) is 56.2 cm³/mol. The van der Waals surface area contributed by atoms with Crippen LogP contribution < -0.4 is 4.74 Å². The zero-order valence-electron chi connectivity index (χ0n) is 8.81. The summed E-state index contributed by atoms with van der Waals surface area (Å²) in [5, 5.41) is 8.51. The fourth-order valence-corrected chi connectivity index (χ4v) is 1.21. The van der Waals surface area contributed by atoms with Crippen LogP contribution in [0.15, 0.2) is 10.5 Å². The van der Waals surface area contributed by atoms with Crippen molar-refractivity contribution in [1.82, 2.24) is 0 Å². The molecule has 7 heteroatoms. The van der Waals surface area contributed by atoms with Gasteiger partial charge in [0.1, 0.15) is 0 Å². The molecule has 0 aliphatic heterocycles. The first-order chi connectivity index (χ1) is 7.93. The lowest BCUT2D eigenvalue weighted by Crippen LogP contribution is -2.20. The Morgan fingerprint density at radius 2 is 2.29 bits per heavy atom. The summed E-state index contributed by atoms with van der Waals surface area (Å²) >= 11 is 5.58. The summed E-state index contributed by atoms with van der Waals surface area (Å²) in [6, 6.07) is 1.16. The molecule has 1 atom stereocenters. The molecule has 0 saturated heterocycles. The molecule has 0 fully saturated rings. The van der Waals surface area contributed by atoms with Gasteiger partial charge >= 0.3 is 11.9 Å². The van der Waals surface area contributed by atoms with Crippen molar-refractivity contribution in [2.45, 2.75) is 13.3 Å². The van der Waals surface area contributed by atoms with Crippen molar-refractivity contribution < 1.29 is 28.6 Å². The quantitative estimate of drug-likeness (QED) is 0.640. The molecule has 1 unspecified atom stereocenters. The highest BCUT2D eigenvalue weighted by atomic mass is 35.5. The Morgan fingerprint density at radius 3 is 2.76 bits per heavy atom.